The number of ether oxygens (including phenoxy) is 1. The lowest BCUT2D eigenvalue weighted by atomic mass is 10.0. The number of para-hydroxylation sites is 1. The molecule has 148 valence electrons. The molecule has 0 saturated heterocycles. The number of nitrogens with one attached hydrogen (secondary N) is 1. The molecule has 0 radical (unpaired) electrons. The standard InChI is InChI=1S/C20H22ClN3O4/c1-13(19(26)24(2)16-6-4-3-5-7-16)28-18(25)12-17(23-20(22)27)14-8-10-15(21)11-9-14/h3-11,13,17H,12H2,1-2H3,(H3,22,23,27)/t13-,17-/m0/s1. The number of nitrogens with two attached hydrogens (primary N) is 1. The molecule has 0 spiro atoms. The van der Waals surface area contributed by atoms with Gasteiger partial charge < -0.3 is 20.7 Å². The van der Waals surface area contributed by atoms with E-state index >= 15 is 0 Å². The van der Waals surface area contributed by atoms with Gasteiger partial charge in [-0.3, -0.25) is 9.59 Å². The summed E-state index contributed by atoms with van der Waals surface area (Å²) in [6.45, 7) is 1.50. The van der Waals surface area contributed by atoms with Gasteiger partial charge in [0.15, 0.2) is 6.10 Å². The van der Waals surface area contributed by atoms with Crippen LogP contribution >= 0.6 is 11.6 Å². The summed E-state index contributed by atoms with van der Waals surface area (Å²) in [6, 6.07) is 14.2. The van der Waals surface area contributed by atoms with Gasteiger partial charge in [0, 0.05) is 17.8 Å². The van der Waals surface area contributed by atoms with E-state index in [1.54, 1.807) is 43.4 Å². The van der Waals surface area contributed by atoms with Gasteiger partial charge in [0.05, 0.1) is 12.5 Å². The zero-order valence-electron chi connectivity index (χ0n) is 15.6. The first-order valence-electron chi connectivity index (χ1n) is 8.61. The first-order chi connectivity index (χ1) is 13.3. The van der Waals surface area contributed by atoms with E-state index in [9.17, 15) is 14.4 Å². The van der Waals surface area contributed by atoms with Crippen molar-refractivity contribution in [3.05, 3.63) is 65.2 Å². The van der Waals surface area contributed by atoms with Crippen LogP contribution < -0.4 is 16.0 Å². The van der Waals surface area contributed by atoms with E-state index in [-0.39, 0.29) is 12.3 Å². The first-order valence-corrected chi connectivity index (χ1v) is 8.99. The number of likely N-dealkylation sites (N-methyl/N-ethyl adjacent to an activating group) is 1. The molecule has 0 heterocycles. The normalized spacial score (nSPS) is 12.5. The lowest BCUT2D eigenvalue weighted by Crippen LogP contribution is -2.39. The summed E-state index contributed by atoms with van der Waals surface area (Å²) in [6.07, 6.45) is -1.17. The van der Waals surface area contributed by atoms with E-state index < -0.39 is 24.1 Å². The molecule has 2 aromatic carbocycles. The fourth-order valence-electron chi connectivity index (χ4n) is 2.63. The Kier molecular flexibility index (Phi) is 7.40. The monoisotopic (exact) mass is 403 g/mol. The molecule has 3 amide bonds. The van der Waals surface area contributed by atoms with Gasteiger partial charge in [-0.2, -0.15) is 0 Å². The molecule has 8 heteroatoms. The van der Waals surface area contributed by atoms with Crippen LogP contribution in [0.5, 0.6) is 0 Å². The van der Waals surface area contributed by atoms with Crippen LogP contribution in [0, 0.1) is 0 Å². The highest BCUT2D eigenvalue weighted by molar-refractivity contribution is 6.30. The number of primary amides is 1. The molecule has 7 nitrogen and oxygen atoms in total. The molecule has 2 rings (SSSR count). The van der Waals surface area contributed by atoms with Crippen molar-refractivity contribution in [1.29, 1.82) is 0 Å². The quantitative estimate of drug-likeness (QED) is 0.693. The van der Waals surface area contributed by atoms with Crippen LogP contribution in [-0.2, 0) is 14.3 Å². The summed E-state index contributed by atoms with van der Waals surface area (Å²) in [5, 5.41) is 3.02. The molecule has 3 N–H and O–H groups in total. The molecule has 0 aliphatic carbocycles. The van der Waals surface area contributed by atoms with Gasteiger partial charge in [-0.15, -0.1) is 0 Å². The molecule has 0 aliphatic heterocycles. The molecule has 2 aromatic rings. The van der Waals surface area contributed by atoms with Crippen LogP contribution in [0.2, 0.25) is 5.02 Å². The third kappa shape index (κ3) is 5.99. The van der Waals surface area contributed by atoms with Crippen molar-refractivity contribution in [1.82, 2.24) is 5.32 Å². The van der Waals surface area contributed by atoms with Gasteiger partial charge in [-0.25, -0.2) is 4.79 Å². The smallest absolute Gasteiger partial charge is 0.312 e. The second kappa shape index (κ2) is 9.75. The second-order valence-electron chi connectivity index (χ2n) is 6.18. The van der Waals surface area contributed by atoms with Crippen molar-refractivity contribution in [2.75, 3.05) is 11.9 Å². The fraction of sp³-hybridized carbons (Fsp3) is 0.250. The molecule has 2 atom stereocenters. The van der Waals surface area contributed by atoms with Crippen molar-refractivity contribution in [3.63, 3.8) is 0 Å². The first kappa shape index (κ1) is 21.2. The number of amides is 3. The van der Waals surface area contributed by atoms with Crippen molar-refractivity contribution >= 4 is 35.2 Å². The van der Waals surface area contributed by atoms with E-state index in [1.807, 2.05) is 18.2 Å². The van der Waals surface area contributed by atoms with Crippen LogP contribution in [0.25, 0.3) is 0 Å². The third-order valence-electron chi connectivity index (χ3n) is 4.09. The molecule has 0 aromatic heterocycles. The minimum Gasteiger partial charge on any atom is -0.452 e. The van der Waals surface area contributed by atoms with Gasteiger partial charge in [0.1, 0.15) is 0 Å². The van der Waals surface area contributed by atoms with E-state index in [0.29, 0.717) is 16.3 Å². The largest absolute Gasteiger partial charge is 0.452 e. The molecule has 0 unspecified atom stereocenters. The Labute approximate surface area is 168 Å². The summed E-state index contributed by atoms with van der Waals surface area (Å²) in [5.41, 5.74) is 6.53. The number of halogens is 1. The lowest BCUT2D eigenvalue weighted by Gasteiger charge is -2.23. The average molecular weight is 404 g/mol. The zero-order chi connectivity index (χ0) is 20.7. The summed E-state index contributed by atoms with van der Waals surface area (Å²) >= 11 is 5.87. The number of benzene rings is 2. The Morgan fingerprint density at radius 3 is 2.29 bits per heavy atom. The molecule has 0 saturated carbocycles. The van der Waals surface area contributed by atoms with E-state index in [0.717, 1.165) is 0 Å². The third-order valence-corrected chi connectivity index (χ3v) is 4.34. The zero-order valence-corrected chi connectivity index (χ0v) is 16.3. The predicted octanol–water partition coefficient (Wildman–Crippen LogP) is 3.03. The number of nitrogens with zero attached hydrogens (tertiary/aromatic N) is 1. The van der Waals surface area contributed by atoms with E-state index in [4.69, 9.17) is 22.1 Å². The Hall–Kier alpha value is -3.06. The number of urea groups is 1. The van der Waals surface area contributed by atoms with Crippen LogP contribution in [-0.4, -0.2) is 31.1 Å². The topological polar surface area (TPSA) is 102 Å². The van der Waals surface area contributed by atoms with Crippen molar-refractivity contribution in [2.24, 2.45) is 5.73 Å². The Balaban J connectivity index is 2.01. The van der Waals surface area contributed by atoms with Crippen molar-refractivity contribution in [3.8, 4) is 0 Å². The Morgan fingerprint density at radius 1 is 1.11 bits per heavy atom. The molecule has 0 aliphatic rings. The van der Waals surface area contributed by atoms with Crippen LogP contribution in [0.1, 0.15) is 24.9 Å². The summed E-state index contributed by atoms with van der Waals surface area (Å²) < 4.78 is 5.26. The van der Waals surface area contributed by atoms with Gasteiger partial charge >= 0.3 is 12.0 Å². The summed E-state index contributed by atoms with van der Waals surface area (Å²) in [5.74, 6) is -1.01. The van der Waals surface area contributed by atoms with Crippen molar-refractivity contribution < 1.29 is 19.1 Å². The Morgan fingerprint density at radius 2 is 1.71 bits per heavy atom. The molecular weight excluding hydrogens is 382 g/mol. The van der Waals surface area contributed by atoms with Crippen LogP contribution in [0.15, 0.2) is 54.6 Å². The van der Waals surface area contributed by atoms with E-state index in [2.05, 4.69) is 5.32 Å². The number of rotatable bonds is 7. The molecule has 0 fully saturated rings. The maximum absolute atomic E-state index is 12.5. The van der Waals surface area contributed by atoms with Gasteiger partial charge in [0.2, 0.25) is 0 Å². The highest BCUT2D eigenvalue weighted by Crippen LogP contribution is 2.21. The maximum Gasteiger partial charge on any atom is 0.312 e. The van der Waals surface area contributed by atoms with Crippen LogP contribution in [0.3, 0.4) is 0 Å². The van der Waals surface area contributed by atoms with Gasteiger partial charge in [0.25, 0.3) is 5.91 Å². The SMILES string of the molecule is C[C@H](OC(=O)C[C@H](NC(N)=O)c1ccc(Cl)cc1)C(=O)N(C)c1ccccc1. The van der Waals surface area contributed by atoms with E-state index in [1.165, 1.54) is 11.8 Å². The minimum absolute atomic E-state index is 0.183. The van der Waals surface area contributed by atoms with Gasteiger partial charge in [-0.05, 0) is 36.8 Å². The average Bonchev–Trinajstić information content (AvgIpc) is 2.67. The molecular formula is C20H22ClN3O4. The summed E-state index contributed by atoms with van der Waals surface area (Å²) in [7, 11) is 1.60. The number of hydrogen-bond acceptors (Lipinski definition) is 4. The second-order valence-corrected chi connectivity index (χ2v) is 6.62. The maximum atomic E-state index is 12.5. The van der Waals surface area contributed by atoms with Gasteiger partial charge in [-0.1, -0.05) is 41.9 Å². The van der Waals surface area contributed by atoms with Crippen LogP contribution in [0.4, 0.5) is 10.5 Å². The fourth-order valence-corrected chi connectivity index (χ4v) is 2.76. The molecule has 28 heavy (non-hydrogen) atoms. The number of hydrogen-bond donors (Lipinski definition) is 2. The highest BCUT2D eigenvalue weighted by atomic mass is 35.5. The Bertz CT molecular complexity index is 827. The number of anilines is 1. The summed E-state index contributed by atoms with van der Waals surface area (Å²) in [4.78, 5) is 37.5. The number of carbonyl (C=O) groups excluding carboxylic acids is 3. The predicted molar refractivity (Wildman–Crippen MR) is 107 cm³/mol. The lowest BCUT2D eigenvalue weighted by molar-refractivity contribution is -0.154. The number of esters is 1. The van der Waals surface area contributed by atoms with Crippen molar-refractivity contribution in [2.45, 2.75) is 25.5 Å². The highest BCUT2D eigenvalue weighted by Gasteiger charge is 2.25. The minimum atomic E-state index is -0.989. The molecule has 0 bridgehead atoms. The number of carbonyl (C=O) groups is 3.